The predicted octanol–water partition coefficient (Wildman–Crippen LogP) is 5.08. The van der Waals surface area contributed by atoms with Crippen molar-refractivity contribution in [1.29, 1.82) is 0 Å². The van der Waals surface area contributed by atoms with E-state index in [4.69, 9.17) is 16.6 Å². The molecule has 0 N–H and O–H groups in total. The summed E-state index contributed by atoms with van der Waals surface area (Å²) in [4.78, 5) is 4.78. The summed E-state index contributed by atoms with van der Waals surface area (Å²) in [5, 5.41) is -0.0503. The third-order valence-corrected chi connectivity index (χ3v) is 5.07. The zero-order chi connectivity index (χ0) is 14.5. The molecular formula is C17H23ClN2. The molecule has 0 radical (unpaired) electrons. The second-order valence-electron chi connectivity index (χ2n) is 6.68. The molecule has 3 rings (SSSR count). The zero-order valence-electron chi connectivity index (χ0n) is 12.8. The SMILES string of the molecule is Cc1ccc2c(c1)nc(C(C)Cl)n2CC1(C(C)C)CC1. The fourth-order valence-corrected chi connectivity index (χ4v) is 3.29. The van der Waals surface area contributed by atoms with Crippen LogP contribution >= 0.6 is 11.6 Å². The van der Waals surface area contributed by atoms with Crippen LogP contribution in [0.15, 0.2) is 18.2 Å². The van der Waals surface area contributed by atoms with Crippen LogP contribution in [0.3, 0.4) is 0 Å². The van der Waals surface area contributed by atoms with E-state index in [0.717, 1.165) is 17.9 Å². The Bertz CT molecular complexity index is 636. The smallest absolute Gasteiger partial charge is 0.127 e. The third kappa shape index (κ3) is 2.24. The van der Waals surface area contributed by atoms with Gasteiger partial charge in [0.25, 0.3) is 0 Å². The number of rotatable bonds is 4. The number of fused-ring (bicyclic) bond motifs is 1. The van der Waals surface area contributed by atoms with Gasteiger partial charge in [-0.05, 0) is 55.7 Å². The molecule has 1 aromatic carbocycles. The quantitative estimate of drug-likeness (QED) is 0.718. The largest absolute Gasteiger partial charge is 0.326 e. The predicted molar refractivity (Wildman–Crippen MR) is 85.2 cm³/mol. The number of aryl methyl sites for hydroxylation is 1. The first kappa shape index (κ1) is 13.9. The van der Waals surface area contributed by atoms with Crippen molar-refractivity contribution in [2.75, 3.05) is 0 Å². The highest BCUT2D eigenvalue weighted by molar-refractivity contribution is 6.20. The first-order chi connectivity index (χ1) is 9.43. The molecule has 1 heterocycles. The number of hydrogen-bond donors (Lipinski definition) is 0. The standard InChI is InChI=1S/C17H23ClN2/c1-11(2)17(7-8-17)10-20-15-6-5-12(3)9-14(15)19-16(20)13(4)18/h5-6,9,11,13H,7-8,10H2,1-4H3. The molecular weight excluding hydrogens is 268 g/mol. The number of nitrogens with zero attached hydrogens (tertiary/aromatic N) is 2. The van der Waals surface area contributed by atoms with Crippen LogP contribution < -0.4 is 0 Å². The minimum absolute atomic E-state index is 0.0503. The Balaban J connectivity index is 2.10. The Morgan fingerprint density at radius 1 is 1.30 bits per heavy atom. The number of alkyl halides is 1. The van der Waals surface area contributed by atoms with Crippen LogP contribution in [-0.2, 0) is 6.54 Å². The molecule has 20 heavy (non-hydrogen) atoms. The maximum atomic E-state index is 6.37. The van der Waals surface area contributed by atoms with Gasteiger partial charge < -0.3 is 4.57 Å². The van der Waals surface area contributed by atoms with E-state index >= 15 is 0 Å². The Labute approximate surface area is 126 Å². The average Bonchev–Trinajstić information content (AvgIpc) is 3.07. The maximum absolute atomic E-state index is 6.37. The average molecular weight is 291 g/mol. The fraction of sp³-hybridized carbons (Fsp3) is 0.588. The number of halogens is 1. The summed E-state index contributed by atoms with van der Waals surface area (Å²) in [5.41, 5.74) is 4.01. The van der Waals surface area contributed by atoms with Crippen LogP contribution in [0, 0.1) is 18.3 Å². The van der Waals surface area contributed by atoms with Gasteiger partial charge in [-0.1, -0.05) is 19.9 Å². The molecule has 3 heteroatoms. The van der Waals surface area contributed by atoms with Crippen molar-refractivity contribution in [2.45, 2.75) is 52.5 Å². The molecule has 0 amide bonds. The summed E-state index contributed by atoms with van der Waals surface area (Å²) in [6.07, 6.45) is 2.65. The molecule has 1 aliphatic carbocycles. The van der Waals surface area contributed by atoms with Crippen molar-refractivity contribution in [1.82, 2.24) is 9.55 Å². The van der Waals surface area contributed by atoms with Crippen molar-refractivity contribution in [3.05, 3.63) is 29.6 Å². The summed E-state index contributed by atoms with van der Waals surface area (Å²) >= 11 is 6.37. The van der Waals surface area contributed by atoms with Crippen LogP contribution in [0.4, 0.5) is 0 Å². The van der Waals surface area contributed by atoms with E-state index in [-0.39, 0.29) is 5.38 Å². The molecule has 2 nitrogen and oxygen atoms in total. The molecule has 1 aromatic heterocycles. The summed E-state index contributed by atoms with van der Waals surface area (Å²) in [6, 6.07) is 6.51. The molecule has 0 bridgehead atoms. The Morgan fingerprint density at radius 2 is 2.00 bits per heavy atom. The van der Waals surface area contributed by atoms with Gasteiger partial charge in [0.2, 0.25) is 0 Å². The normalized spacial score (nSPS) is 18.7. The molecule has 1 saturated carbocycles. The van der Waals surface area contributed by atoms with Gasteiger partial charge in [0, 0.05) is 6.54 Å². The molecule has 2 aromatic rings. The monoisotopic (exact) mass is 290 g/mol. The van der Waals surface area contributed by atoms with Gasteiger partial charge in [-0.25, -0.2) is 4.98 Å². The molecule has 1 unspecified atom stereocenters. The maximum Gasteiger partial charge on any atom is 0.127 e. The first-order valence-corrected chi connectivity index (χ1v) is 7.97. The van der Waals surface area contributed by atoms with Crippen LogP contribution in [0.1, 0.15) is 50.4 Å². The highest BCUT2D eigenvalue weighted by atomic mass is 35.5. The lowest BCUT2D eigenvalue weighted by molar-refractivity contribution is 0.308. The lowest BCUT2D eigenvalue weighted by Crippen LogP contribution is -2.19. The molecule has 108 valence electrons. The summed E-state index contributed by atoms with van der Waals surface area (Å²) < 4.78 is 2.36. The van der Waals surface area contributed by atoms with Gasteiger partial charge in [0.05, 0.1) is 16.4 Å². The van der Waals surface area contributed by atoms with Crippen molar-refractivity contribution in [2.24, 2.45) is 11.3 Å². The Kier molecular flexibility index (Phi) is 3.32. The minimum Gasteiger partial charge on any atom is -0.326 e. The van der Waals surface area contributed by atoms with Crippen LogP contribution in [0.25, 0.3) is 11.0 Å². The number of aromatic nitrogens is 2. The van der Waals surface area contributed by atoms with Gasteiger partial charge in [-0.3, -0.25) is 0 Å². The van der Waals surface area contributed by atoms with Crippen LogP contribution in [0.2, 0.25) is 0 Å². The topological polar surface area (TPSA) is 17.8 Å². The van der Waals surface area contributed by atoms with Gasteiger partial charge in [0.15, 0.2) is 0 Å². The lowest BCUT2D eigenvalue weighted by atomic mass is 9.92. The van der Waals surface area contributed by atoms with Crippen molar-refractivity contribution < 1.29 is 0 Å². The molecule has 1 aliphatic rings. The zero-order valence-corrected chi connectivity index (χ0v) is 13.5. The second kappa shape index (κ2) is 4.77. The second-order valence-corrected chi connectivity index (χ2v) is 7.34. The van der Waals surface area contributed by atoms with E-state index in [2.05, 4.69) is 43.5 Å². The van der Waals surface area contributed by atoms with E-state index in [1.54, 1.807) is 0 Å². The fourth-order valence-electron chi connectivity index (χ4n) is 3.12. The number of benzene rings is 1. The summed E-state index contributed by atoms with van der Waals surface area (Å²) in [5.74, 6) is 1.73. The molecule has 0 saturated heterocycles. The highest BCUT2D eigenvalue weighted by Crippen LogP contribution is 2.53. The molecule has 0 aliphatic heterocycles. The van der Waals surface area contributed by atoms with Crippen molar-refractivity contribution in [3.63, 3.8) is 0 Å². The number of imidazole rings is 1. The highest BCUT2D eigenvalue weighted by Gasteiger charge is 2.46. The van der Waals surface area contributed by atoms with E-state index in [1.165, 1.54) is 23.9 Å². The van der Waals surface area contributed by atoms with E-state index in [0.29, 0.717) is 11.3 Å². The first-order valence-electron chi connectivity index (χ1n) is 7.54. The third-order valence-electron chi connectivity index (χ3n) is 4.88. The van der Waals surface area contributed by atoms with E-state index in [9.17, 15) is 0 Å². The lowest BCUT2D eigenvalue weighted by Gasteiger charge is -2.22. The van der Waals surface area contributed by atoms with Gasteiger partial charge >= 0.3 is 0 Å². The number of hydrogen-bond acceptors (Lipinski definition) is 1. The summed E-state index contributed by atoms with van der Waals surface area (Å²) in [7, 11) is 0. The minimum atomic E-state index is -0.0503. The van der Waals surface area contributed by atoms with E-state index < -0.39 is 0 Å². The van der Waals surface area contributed by atoms with Crippen molar-refractivity contribution >= 4 is 22.6 Å². The van der Waals surface area contributed by atoms with Gasteiger partial charge in [-0.15, -0.1) is 11.6 Å². The van der Waals surface area contributed by atoms with E-state index in [1.807, 2.05) is 6.92 Å². The van der Waals surface area contributed by atoms with Gasteiger partial charge in [-0.2, -0.15) is 0 Å². The molecule has 1 fully saturated rings. The Hall–Kier alpha value is -1.02. The van der Waals surface area contributed by atoms with Crippen LogP contribution in [0.5, 0.6) is 0 Å². The van der Waals surface area contributed by atoms with Gasteiger partial charge in [0.1, 0.15) is 5.82 Å². The Morgan fingerprint density at radius 3 is 2.55 bits per heavy atom. The molecule has 1 atom stereocenters. The molecule has 0 spiro atoms. The van der Waals surface area contributed by atoms with Crippen molar-refractivity contribution in [3.8, 4) is 0 Å². The van der Waals surface area contributed by atoms with Crippen LogP contribution in [-0.4, -0.2) is 9.55 Å². The summed E-state index contributed by atoms with van der Waals surface area (Å²) in [6.45, 7) is 9.84.